The van der Waals surface area contributed by atoms with Crippen LogP contribution in [0.4, 0.5) is 0 Å². The van der Waals surface area contributed by atoms with E-state index in [1.807, 2.05) is 48.5 Å². The fourth-order valence-electron chi connectivity index (χ4n) is 2.99. The summed E-state index contributed by atoms with van der Waals surface area (Å²) < 4.78 is 8.56. The molecule has 0 fully saturated rings. The van der Waals surface area contributed by atoms with Crippen molar-refractivity contribution in [2.24, 2.45) is 0 Å². The van der Waals surface area contributed by atoms with E-state index in [2.05, 4.69) is 54.6 Å². The van der Waals surface area contributed by atoms with Crippen molar-refractivity contribution in [3.63, 3.8) is 0 Å². The number of benzene rings is 4. The third kappa shape index (κ3) is 2.87. The van der Waals surface area contributed by atoms with Gasteiger partial charge in [-0.05, 0) is 39.4 Å². The molecule has 0 unspecified atom stereocenters. The Bertz CT molecular complexity index is 974. The first kappa shape index (κ1) is 13.3. The quantitative estimate of drug-likeness (QED) is 0.395. The molecule has 0 aliphatic heterocycles. The van der Waals surface area contributed by atoms with E-state index in [0.29, 0.717) is 6.04 Å². The van der Waals surface area contributed by atoms with E-state index >= 15 is 0 Å². The summed E-state index contributed by atoms with van der Waals surface area (Å²) in [6.07, 6.45) is 0. The smallest absolute Gasteiger partial charge is 0.0622 e. The maximum atomic E-state index is 8.56. The Kier molecular flexibility index (Phi) is 3.64. The van der Waals surface area contributed by atoms with Crippen molar-refractivity contribution in [1.29, 1.82) is 0 Å². The van der Waals surface area contributed by atoms with Crippen molar-refractivity contribution in [3.8, 4) is 33.4 Å². The van der Waals surface area contributed by atoms with Crippen molar-refractivity contribution in [2.75, 3.05) is 0 Å². The van der Waals surface area contributed by atoms with Crippen LogP contribution in [0.25, 0.3) is 33.4 Å². The van der Waals surface area contributed by atoms with Crippen LogP contribution in [0, 0.1) is 0 Å². The van der Waals surface area contributed by atoms with Gasteiger partial charge in [-0.15, -0.1) is 0 Å². The highest BCUT2D eigenvalue weighted by atomic mass is 14.1. The van der Waals surface area contributed by atoms with Crippen LogP contribution in [-0.2, 0) is 0 Å². The third-order valence-electron chi connectivity index (χ3n) is 4.21. The van der Waals surface area contributed by atoms with Crippen molar-refractivity contribution in [3.05, 3.63) is 109 Å². The summed E-state index contributed by atoms with van der Waals surface area (Å²) in [5.74, 6) is 0. The summed E-state index contributed by atoms with van der Waals surface area (Å²) in [4.78, 5) is 0. The first-order valence-electron chi connectivity index (χ1n) is 8.64. The second-order valence-electron chi connectivity index (χ2n) is 5.77. The minimum absolute atomic E-state index is 0.546. The van der Waals surface area contributed by atoms with Crippen LogP contribution < -0.4 is 0 Å². The SMILES string of the molecule is [2H]c1cc(-c2ccccc2)c(-c2ccccc2)cc1-c1ccccc1. The molecule has 114 valence electrons. The lowest BCUT2D eigenvalue weighted by Crippen LogP contribution is -1.87. The van der Waals surface area contributed by atoms with Gasteiger partial charge in [-0.3, -0.25) is 0 Å². The van der Waals surface area contributed by atoms with Gasteiger partial charge >= 0.3 is 0 Å². The molecular weight excluding hydrogens is 288 g/mol. The van der Waals surface area contributed by atoms with Crippen LogP contribution in [0.5, 0.6) is 0 Å². The van der Waals surface area contributed by atoms with Crippen LogP contribution in [0.15, 0.2) is 109 Å². The molecule has 0 spiro atoms. The molecule has 4 aromatic carbocycles. The van der Waals surface area contributed by atoms with Crippen LogP contribution in [0.3, 0.4) is 0 Å². The molecule has 0 aliphatic rings. The van der Waals surface area contributed by atoms with Gasteiger partial charge in [-0.2, -0.15) is 0 Å². The lowest BCUT2D eigenvalue weighted by molar-refractivity contribution is 1.56. The summed E-state index contributed by atoms with van der Waals surface area (Å²) in [6, 6.07) is 35.5. The van der Waals surface area contributed by atoms with Gasteiger partial charge in [0.15, 0.2) is 0 Å². The van der Waals surface area contributed by atoms with Gasteiger partial charge in [0.25, 0.3) is 0 Å². The molecule has 0 atom stereocenters. The summed E-state index contributed by atoms with van der Waals surface area (Å²) in [7, 11) is 0. The van der Waals surface area contributed by atoms with Crippen LogP contribution >= 0.6 is 0 Å². The van der Waals surface area contributed by atoms with Gasteiger partial charge in [0.1, 0.15) is 0 Å². The number of hydrogen-bond donors (Lipinski definition) is 0. The van der Waals surface area contributed by atoms with Gasteiger partial charge in [0, 0.05) is 0 Å². The molecular formula is C24H18. The minimum atomic E-state index is 0.546. The second-order valence-corrected chi connectivity index (χ2v) is 5.77. The van der Waals surface area contributed by atoms with Gasteiger partial charge in [0.2, 0.25) is 0 Å². The van der Waals surface area contributed by atoms with Gasteiger partial charge in [-0.1, -0.05) is 103 Å². The van der Waals surface area contributed by atoms with Crippen LogP contribution in [-0.4, -0.2) is 0 Å². The lowest BCUT2D eigenvalue weighted by atomic mass is 9.91. The lowest BCUT2D eigenvalue weighted by Gasteiger charge is -2.13. The predicted octanol–water partition coefficient (Wildman–Crippen LogP) is 6.69. The highest BCUT2D eigenvalue weighted by Crippen LogP contribution is 2.35. The Morgan fingerprint density at radius 1 is 0.417 bits per heavy atom. The van der Waals surface area contributed by atoms with Gasteiger partial charge < -0.3 is 0 Å². The van der Waals surface area contributed by atoms with E-state index < -0.39 is 0 Å². The maximum Gasteiger partial charge on any atom is 0.0629 e. The molecule has 0 saturated heterocycles. The van der Waals surface area contributed by atoms with E-state index in [9.17, 15) is 0 Å². The average Bonchev–Trinajstić information content (AvgIpc) is 2.70. The fraction of sp³-hybridized carbons (Fsp3) is 0. The predicted molar refractivity (Wildman–Crippen MR) is 103 cm³/mol. The Labute approximate surface area is 144 Å². The minimum Gasteiger partial charge on any atom is -0.0622 e. The zero-order chi connectivity index (χ0) is 17.1. The molecule has 0 amide bonds. The molecule has 0 saturated carbocycles. The Balaban J connectivity index is 1.98. The molecule has 0 N–H and O–H groups in total. The maximum absolute atomic E-state index is 8.56. The zero-order valence-electron chi connectivity index (χ0n) is 14.3. The van der Waals surface area contributed by atoms with Crippen molar-refractivity contribution in [2.45, 2.75) is 0 Å². The summed E-state index contributed by atoms with van der Waals surface area (Å²) >= 11 is 0. The zero-order valence-corrected chi connectivity index (χ0v) is 13.3. The largest absolute Gasteiger partial charge is 0.0629 e. The molecule has 0 heterocycles. The monoisotopic (exact) mass is 307 g/mol. The van der Waals surface area contributed by atoms with Gasteiger partial charge in [-0.25, -0.2) is 0 Å². The van der Waals surface area contributed by atoms with Crippen molar-refractivity contribution < 1.29 is 1.37 Å². The Morgan fingerprint density at radius 2 is 0.875 bits per heavy atom. The molecule has 0 heteroatoms. The van der Waals surface area contributed by atoms with Crippen molar-refractivity contribution >= 4 is 0 Å². The standard InChI is InChI=1S/C24H18/c1-4-10-19(11-5-1)22-16-17-23(20-12-6-2-7-13-20)24(18-22)21-14-8-3-9-15-21/h1-18H/i16D. The summed E-state index contributed by atoms with van der Waals surface area (Å²) in [5.41, 5.74) is 6.58. The normalized spacial score (nSPS) is 11.1. The third-order valence-corrected chi connectivity index (χ3v) is 4.21. The van der Waals surface area contributed by atoms with Gasteiger partial charge in [0.05, 0.1) is 1.37 Å². The molecule has 4 rings (SSSR count). The summed E-state index contributed by atoms with van der Waals surface area (Å²) in [6.45, 7) is 0. The van der Waals surface area contributed by atoms with E-state index in [1.165, 1.54) is 5.56 Å². The average molecular weight is 307 g/mol. The fourth-order valence-corrected chi connectivity index (χ4v) is 2.99. The van der Waals surface area contributed by atoms with Crippen LogP contribution in [0.2, 0.25) is 0 Å². The molecule has 24 heavy (non-hydrogen) atoms. The highest BCUT2D eigenvalue weighted by Gasteiger charge is 2.09. The Morgan fingerprint density at radius 3 is 1.42 bits per heavy atom. The second kappa shape index (κ2) is 6.55. The Hall–Kier alpha value is -3.12. The molecule has 0 aromatic heterocycles. The van der Waals surface area contributed by atoms with Crippen molar-refractivity contribution in [1.82, 2.24) is 0 Å². The molecule has 0 bridgehead atoms. The highest BCUT2D eigenvalue weighted by molar-refractivity contribution is 5.87. The first-order valence-corrected chi connectivity index (χ1v) is 8.14. The van der Waals surface area contributed by atoms with E-state index in [4.69, 9.17) is 1.37 Å². The molecule has 0 nitrogen and oxygen atoms in total. The van der Waals surface area contributed by atoms with E-state index in [1.54, 1.807) is 0 Å². The number of rotatable bonds is 3. The molecule has 0 aliphatic carbocycles. The molecule has 4 aromatic rings. The summed E-state index contributed by atoms with van der Waals surface area (Å²) in [5, 5.41) is 0. The van der Waals surface area contributed by atoms with E-state index in [-0.39, 0.29) is 0 Å². The van der Waals surface area contributed by atoms with E-state index in [0.717, 1.165) is 27.8 Å². The topological polar surface area (TPSA) is 0 Å². The number of hydrogen-bond acceptors (Lipinski definition) is 0. The first-order chi connectivity index (χ1) is 12.3. The molecule has 0 radical (unpaired) electrons. The van der Waals surface area contributed by atoms with Crippen LogP contribution in [0.1, 0.15) is 1.37 Å².